The molecule has 0 bridgehead atoms. The molecule has 0 saturated heterocycles. The first kappa shape index (κ1) is 23.4. The Morgan fingerprint density at radius 1 is 1.15 bits per heavy atom. The van der Waals surface area contributed by atoms with Crippen molar-refractivity contribution in [3.05, 3.63) is 64.1 Å². The van der Waals surface area contributed by atoms with Crippen LogP contribution in [0.5, 0.6) is 11.5 Å². The first-order valence-corrected chi connectivity index (χ1v) is 10.6. The van der Waals surface area contributed by atoms with Crippen LogP contribution in [-0.2, 0) is 12.7 Å². The molecule has 34 heavy (non-hydrogen) atoms. The number of amides is 1. The zero-order chi connectivity index (χ0) is 24.5. The molecule has 1 heterocycles. The van der Waals surface area contributed by atoms with Crippen molar-refractivity contribution in [2.45, 2.75) is 31.6 Å². The van der Waals surface area contributed by atoms with Gasteiger partial charge in [-0.3, -0.25) is 9.36 Å². The van der Waals surface area contributed by atoms with Gasteiger partial charge < -0.3 is 14.8 Å². The molecule has 11 heteroatoms. The monoisotopic (exact) mass is 476 g/mol. The second-order valence-electron chi connectivity index (χ2n) is 7.81. The van der Waals surface area contributed by atoms with Crippen LogP contribution in [0.15, 0.2) is 47.3 Å². The molecule has 1 fully saturated rings. The highest BCUT2D eigenvalue weighted by Crippen LogP contribution is 2.38. The number of halogens is 3. The van der Waals surface area contributed by atoms with E-state index in [0.29, 0.717) is 5.75 Å². The van der Waals surface area contributed by atoms with E-state index in [1.807, 2.05) is 0 Å². The minimum absolute atomic E-state index is 0.0442. The SMILES string of the molecule is COc1cccc(C(=O)NCCn2nc(-c3cccc(C(F)(F)F)c3)n(C3CC3)c2=O)c1OC. The molecular weight excluding hydrogens is 453 g/mol. The molecule has 0 spiro atoms. The van der Waals surface area contributed by atoms with Crippen molar-refractivity contribution in [2.24, 2.45) is 0 Å². The molecule has 2 aromatic carbocycles. The summed E-state index contributed by atoms with van der Waals surface area (Å²) in [5, 5.41) is 7.01. The number of nitrogens with zero attached hydrogens (tertiary/aromatic N) is 3. The smallest absolute Gasteiger partial charge is 0.416 e. The van der Waals surface area contributed by atoms with E-state index >= 15 is 0 Å². The largest absolute Gasteiger partial charge is 0.493 e. The fraction of sp³-hybridized carbons (Fsp3) is 0.348. The molecule has 0 unspecified atom stereocenters. The summed E-state index contributed by atoms with van der Waals surface area (Å²) in [7, 11) is 2.89. The summed E-state index contributed by atoms with van der Waals surface area (Å²) in [6, 6.07) is 9.55. The fourth-order valence-corrected chi connectivity index (χ4v) is 3.70. The number of rotatable bonds is 8. The second kappa shape index (κ2) is 9.24. The zero-order valence-electron chi connectivity index (χ0n) is 18.6. The van der Waals surface area contributed by atoms with Gasteiger partial charge in [-0.1, -0.05) is 18.2 Å². The first-order valence-electron chi connectivity index (χ1n) is 10.6. The van der Waals surface area contributed by atoms with Crippen LogP contribution in [0.25, 0.3) is 11.4 Å². The summed E-state index contributed by atoms with van der Waals surface area (Å²) in [5.74, 6) is 0.438. The molecule has 0 radical (unpaired) electrons. The number of hydrogen-bond acceptors (Lipinski definition) is 5. The number of para-hydroxylation sites is 1. The Bertz CT molecular complexity index is 1260. The third-order valence-electron chi connectivity index (χ3n) is 5.49. The third kappa shape index (κ3) is 4.63. The number of aromatic nitrogens is 3. The lowest BCUT2D eigenvalue weighted by atomic mass is 10.1. The molecule has 1 saturated carbocycles. The van der Waals surface area contributed by atoms with Crippen molar-refractivity contribution in [2.75, 3.05) is 20.8 Å². The molecule has 180 valence electrons. The predicted molar refractivity (Wildman–Crippen MR) is 117 cm³/mol. The fourth-order valence-electron chi connectivity index (χ4n) is 3.70. The Hall–Kier alpha value is -3.76. The number of carbonyl (C=O) groups is 1. The highest BCUT2D eigenvalue weighted by atomic mass is 19.4. The van der Waals surface area contributed by atoms with Crippen LogP contribution < -0.4 is 20.5 Å². The van der Waals surface area contributed by atoms with Crippen molar-refractivity contribution < 1.29 is 27.4 Å². The molecule has 1 amide bonds. The standard InChI is InChI=1S/C23H23F3N4O4/c1-33-18-8-4-7-17(19(18)34-2)21(31)27-11-12-29-22(32)30(16-9-10-16)20(28-29)14-5-3-6-15(13-14)23(24,25)26/h3-8,13,16H,9-12H2,1-2H3,(H,27,31). The average Bonchev–Trinajstić information content (AvgIpc) is 3.61. The highest BCUT2D eigenvalue weighted by molar-refractivity contribution is 5.97. The molecule has 1 aliphatic carbocycles. The Morgan fingerprint density at radius 2 is 1.88 bits per heavy atom. The lowest BCUT2D eigenvalue weighted by Crippen LogP contribution is -2.32. The minimum atomic E-state index is -4.51. The Labute approximate surface area is 192 Å². The van der Waals surface area contributed by atoms with E-state index in [0.717, 1.165) is 29.7 Å². The first-order chi connectivity index (χ1) is 16.2. The maximum atomic E-state index is 13.2. The van der Waals surface area contributed by atoms with E-state index in [1.165, 1.54) is 30.9 Å². The predicted octanol–water partition coefficient (Wildman–Crippen LogP) is 3.51. The van der Waals surface area contributed by atoms with Crippen LogP contribution >= 0.6 is 0 Å². The maximum Gasteiger partial charge on any atom is 0.416 e. The number of benzene rings is 2. The second-order valence-corrected chi connectivity index (χ2v) is 7.81. The maximum absolute atomic E-state index is 13.2. The van der Waals surface area contributed by atoms with Gasteiger partial charge in [0.05, 0.1) is 31.9 Å². The normalized spacial score (nSPS) is 13.6. The summed E-state index contributed by atoms with van der Waals surface area (Å²) in [6.45, 7) is 0.116. The van der Waals surface area contributed by atoms with Gasteiger partial charge in [-0.15, -0.1) is 5.10 Å². The number of alkyl halides is 3. The number of ether oxygens (including phenoxy) is 2. The van der Waals surface area contributed by atoms with Gasteiger partial charge in [0.1, 0.15) is 0 Å². The lowest BCUT2D eigenvalue weighted by Gasteiger charge is -2.12. The van der Waals surface area contributed by atoms with Gasteiger partial charge in [-0.05, 0) is 37.1 Å². The van der Waals surface area contributed by atoms with Crippen LogP contribution in [0, 0.1) is 0 Å². The van der Waals surface area contributed by atoms with Crippen LogP contribution in [0.4, 0.5) is 13.2 Å². The number of hydrogen-bond donors (Lipinski definition) is 1. The van der Waals surface area contributed by atoms with Gasteiger partial charge in [0.2, 0.25) is 0 Å². The number of carbonyl (C=O) groups excluding carboxylic acids is 1. The van der Waals surface area contributed by atoms with Gasteiger partial charge in [0.15, 0.2) is 17.3 Å². The average molecular weight is 476 g/mol. The van der Waals surface area contributed by atoms with Crippen molar-refractivity contribution in [3.8, 4) is 22.9 Å². The molecular formula is C23H23F3N4O4. The van der Waals surface area contributed by atoms with E-state index in [9.17, 15) is 22.8 Å². The van der Waals surface area contributed by atoms with Crippen molar-refractivity contribution >= 4 is 5.91 Å². The van der Waals surface area contributed by atoms with Crippen LogP contribution in [0.3, 0.4) is 0 Å². The minimum Gasteiger partial charge on any atom is -0.493 e. The van der Waals surface area contributed by atoms with Crippen LogP contribution in [0.2, 0.25) is 0 Å². The van der Waals surface area contributed by atoms with Gasteiger partial charge >= 0.3 is 11.9 Å². The quantitative estimate of drug-likeness (QED) is 0.538. The Balaban J connectivity index is 1.55. The lowest BCUT2D eigenvalue weighted by molar-refractivity contribution is -0.137. The Kier molecular flexibility index (Phi) is 6.36. The van der Waals surface area contributed by atoms with Crippen molar-refractivity contribution in [1.82, 2.24) is 19.7 Å². The summed E-state index contributed by atoms with van der Waals surface area (Å²) >= 11 is 0. The van der Waals surface area contributed by atoms with Crippen LogP contribution in [0.1, 0.15) is 34.8 Å². The Morgan fingerprint density at radius 3 is 2.53 bits per heavy atom. The van der Waals surface area contributed by atoms with Gasteiger partial charge in [0, 0.05) is 18.2 Å². The molecule has 1 aliphatic rings. The molecule has 0 atom stereocenters. The number of nitrogens with one attached hydrogen (secondary N) is 1. The molecule has 1 aromatic heterocycles. The van der Waals surface area contributed by atoms with Gasteiger partial charge in [0.25, 0.3) is 5.91 Å². The van der Waals surface area contributed by atoms with E-state index in [1.54, 1.807) is 18.2 Å². The van der Waals surface area contributed by atoms with E-state index < -0.39 is 23.3 Å². The highest BCUT2D eigenvalue weighted by Gasteiger charge is 2.33. The molecule has 3 aromatic rings. The topological polar surface area (TPSA) is 87.4 Å². The summed E-state index contributed by atoms with van der Waals surface area (Å²) in [4.78, 5) is 25.6. The number of methoxy groups -OCH3 is 2. The summed E-state index contributed by atoms with van der Waals surface area (Å²) in [6.07, 6.45) is -3.00. The summed E-state index contributed by atoms with van der Waals surface area (Å²) < 4.78 is 52.6. The van der Waals surface area contributed by atoms with Gasteiger partial charge in [-0.25, -0.2) is 9.48 Å². The molecule has 0 aliphatic heterocycles. The van der Waals surface area contributed by atoms with Gasteiger partial charge in [-0.2, -0.15) is 13.2 Å². The van der Waals surface area contributed by atoms with E-state index in [2.05, 4.69) is 10.4 Å². The van der Waals surface area contributed by atoms with E-state index in [4.69, 9.17) is 9.47 Å². The zero-order valence-corrected chi connectivity index (χ0v) is 18.6. The van der Waals surface area contributed by atoms with Crippen LogP contribution in [-0.4, -0.2) is 41.0 Å². The summed E-state index contributed by atoms with van der Waals surface area (Å²) in [5.41, 5.74) is -0.762. The van der Waals surface area contributed by atoms with Crippen molar-refractivity contribution in [1.29, 1.82) is 0 Å². The molecule has 8 nitrogen and oxygen atoms in total. The molecule has 4 rings (SSSR count). The van der Waals surface area contributed by atoms with Crippen molar-refractivity contribution in [3.63, 3.8) is 0 Å². The molecule has 1 N–H and O–H groups in total. The third-order valence-corrected chi connectivity index (χ3v) is 5.49. The van der Waals surface area contributed by atoms with E-state index in [-0.39, 0.29) is 41.8 Å².